The lowest BCUT2D eigenvalue weighted by Gasteiger charge is -2.23. The maximum absolute atomic E-state index is 6.22. The molecule has 1 N–H and O–H groups in total. The zero-order valence-corrected chi connectivity index (χ0v) is 13.3. The monoisotopic (exact) mass is 263 g/mol. The van der Waals surface area contributed by atoms with Crippen LogP contribution >= 0.6 is 0 Å². The van der Waals surface area contributed by atoms with Gasteiger partial charge in [-0.1, -0.05) is 46.8 Å². The van der Waals surface area contributed by atoms with Gasteiger partial charge in [0.25, 0.3) is 0 Å². The SMILES string of the molecule is CCC(CNC(C)C)Oc1cc(C)ccc1C(C)C. The van der Waals surface area contributed by atoms with Crippen molar-refractivity contribution in [1.82, 2.24) is 5.32 Å². The highest BCUT2D eigenvalue weighted by Gasteiger charge is 2.13. The highest BCUT2D eigenvalue weighted by molar-refractivity contribution is 5.39. The van der Waals surface area contributed by atoms with Gasteiger partial charge in [0.1, 0.15) is 11.9 Å². The molecule has 0 amide bonds. The minimum Gasteiger partial charge on any atom is -0.489 e. The molecule has 0 saturated heterocycles. The Bertz CT molecular complexity index is 385. The Hall–Kier alpha value is -1.02. The van der Waals surface area contributed by atoms with Crippen molar-refractivity contribution in [2.75, 3.05) is 6.54 Å². The first kappa shape index (κ1) is 16.0. The van der Waals surface area contributed by atoms with E-state index in [1.807, 2.05) is 0 Å². The Labute approximate surface area is 118 Å². The molecule has 0 heterocycles. The lowest BCUT2D eigenvalue weighted by atomic mass is 10.0. The number of rotatable bonds is 7. The van der Waals surface area contributed by atoms with E-state index in [9.17, 15) is 0 Å². The van der Waals surface area contributed by atoms with Crippen molar-refractivity contribution in [3.05, 3.63) is 29.3 Å². The second-order valence-electron chi connectivity index (χ2n) is 5.91. The van der Waals surface area contributed by atoms with E-state index in [0.717, 1.165) is 18.7 Å². The molecule has 1 unspecified atom stereocenters. The third-order valence-electron chi connectivity index (χ3n) is 3.29. The van der Waals surface area contributed by atoms with Crippen LogP contribution < -0.4 is 10.1 Å². The van der Waals surface area contributed by atoms with Gasteiger partial charge in [-0.05, 0) is 36.5 Å². The van der Waals surface area contributed by atoms with Gasteiger partial charge in [0.05, 0.1) is 0 Å². The normalized spacial score (nSPS) is 13.1. The van der Waals surface area contributed by atoms with E-state index in [2.05, 4.69) is 65.1 Å². The van der Waals surface area contributed by atoms with Gasteiger partial charge < -0.3 is 10.1 Å². The number of hydrogen-bond acceptors (Lipinski definition) is 2. The maximum atomic E-state index is 6.22. The first-order valence-corrected chi connectivity index (χ1v) is 7.44. The average molecular weight is 263 g/mol. The molecule has 1 aromatic rings. The van der Waals surface area contributed by atoms with E-state index in [1.54, 1.807) is 0 Å². The molecule has 0 aliphatic rings. The highest BCUT2D eigenvalue weighted by Crippen LogP contribution is 2.28. The Morgan fingerprint density at radius 3 is 2.37 bits per heavy atom. The predicted molar refractivity (Wildman–Crippen MR) is 83.1 cm³/mol. The fourth-order valence-corrected chi connectivity index (χ4v) is 2.04. The molecule has 2 heteroatoms. The molecule has 0 radical (unpaired) electrons. The molecular formula is C17H29NO. The van der Waals surface area contributed by atoms with Crippen molar-refractivity contribution in [3.63, 3.8) is 0 Å². The zero-order chi connectivity index (χ0) is 14.4. The van der Waals surface area contributed by atoms with Crippen molar-refractivity contribution in [1.29, 1.82) is 0 Å². The second kappa shape index (κ2) is 7.54. The Morgan fingerprint density at radius 1 is 1.16 bits per heavy atom. The first-order valence-electron chi connectivity index (χ1n) is 7.44. The lowest BCUT2D eigenvalue weighted by Crippen LogP contribution is -2.35. The number of benzene rings is 1. The van der Waals surface area contributed by atoms with Gasteiger partial charge in [-0.2, -0.15) is 0 Å². The van der Waals surface area contributed by atoms with Gasteiger partial charge in [-0.15, -0.1) is 0 Å². The van der Waals surface area contributed by atoms with E-state index >= 15 is 0 Å². The molecule has 1 aromatic carbocycles. The van der Waals surface area contributed by atoms with Crippen molar-refractivity contribution in [2.24, 2.45) is 0 Å². The number of nitrogens with one attached hydrogen (secondary N) is 1. The summed E-state index contributed by atoms with van der Waals surface area (Å²) in [4.78, 5) is 0. The number of aryl methyl sites for hydroxylation is 1. The summed E-state index contributed by atoms with van der Waals surface area (Å²) in [5, 5.41) is 3.46. The standard InChI is InChI=1S/C17H29NO/c1-7-15(11-18-13(4)5)19-17-10-14(6)8-9-16(17)12(2)3/h8-10,12-13,15,18H,7,11H2,1-6H3. The fraction of sp³-hybridized carbons (Fsp3) is 0.647. The van der Waals surface area contributed by atoms with Crippen LogP contribution in [0.1, 0.15) is 58.1 Å². The first-order chi connectivity index (χ1) is 8.93. The van der Waals surface area contributed by atoms with Gasteiger partial charge in [0.15, 0.2) is 0 Å². The van der Waals surface area contributed by atoms with Crippen molar-refractivity contribution in [3.8, 4) is 5.75 Å². The topological polar surface area (TPSA) is 21.3 Å². The van der Waals surface area contributed by atoms with Crippen LogP contribution in [-0.4, -0.2) is 18.7 Å². The lowest BCUT2D eigenvalue weighted by molar-refractivity contribution is 0.188. The molecule has 19 heavy (non-hydrogen) atoms. The largest absolute Gasteiger partial charge is 0.489 e. The van der Waals surface area contributed by atoms with E-state index in [1.165, 1.54) is 11.1 Å². The summed E-state index contributed by atoms with van der Waals surface area (Å²) in [5.41, 5.74) is 2.56. The zero-order valence-electron chi connectivity index (χ0n) is 13.3. The van der Waals surface area contributed by atoms with Crippen LogP contribution in [0, 0.1) is 6.92 Å². The van der Waals surface area contributed by atoms with Crippen LogP contribution in [0.4, 0.5) is 0 Å². The summed E-state index contributed by atoms with van der Waals surface area (Å²) in [6.07, 6.45) is 1.26. The highest BCUT2D eigenvalue weighted by atomic mass is 16.5. The van der Waals surface area contributed by atoms with Crippen LogP contribution in [0.5, 0.6) is 5.75 Å². The minimum absolute atomic E-state index is 0.238. The minimum atomic E-state index is 0.238. The average Bonchev–Trinajstić information content (AvgIpc) is 2.33. The van der Waals surface area contributed by atoms with E-state index < -0.39 is 0 Å². The Kier molecular flexibility index (Phi) is 6.36. The molecule has 0 aliphatic carbocycles. The van der Waals surface area contributed by atoms with Gasteiger partial charge in [-0.25, -0.2) is 0 Å². The molecular weight excluding hydrogens is 234 g/mol. The Balaban J connectivity index is 2.80. The van der Waals surface area contributed by atoms with Crippen molar-refractivity contribution < 1.29 is 4.74 Å². The summed E-state index contributed by atoms with van der Waals surface area (Å²) in [6, 6.07) is 7.01. The molecule has 2 nitrogen and oxygen atoms in total. The molecule has 1 atom stereocenters. The molecule has 0 aromatic heterocycles. The van der Waals surface area contributed by atoms with Gasteiger partial charge in [0, 0.05) is 12.6 Å². The molecule has 0 aliphatic heterocycles. The summed E-state index contributed by atoms with van der Waals surface area (Å²) in [5.74, 6) is 1.54. The van der Waals surface area contributed by atoms with Crippen molar-refractivity contribution in [2.45, 2.75) is 66.0 Å². The molecule has 1 rings (SSSR count). The van der Waals surface area contributed by atoms with Crippen LogP contribution in [0.3, 0.4) is 0 Å². The Morgan fingerprint density at radius 2 is 1.84 bits per heavy atom. The third kappa shape index (κ3) is 5.23. The van der Waals surface area contributed by atoms with Crippen LogP contribution in [0.25, 0.3) is 0 Å². The van der Waals surface area contributed by atoms with E-state index in [-0.39, 0.29) is 6.10 Å². The predicted octanol–water partition coefficient (Wildman–Crippen LogP) is 4.27. The summed E-state index contributed by atoms with van der Waals surface area (Å²) in [6.45, 7) is 14.0. The smallest absolute Gasteiger partial charge is 0.123 e. The summed E-state index contributed by atoms with van der Waals surface area (Å²) >= 11 is 0. The molecule has 0 fully saturated rings. The molecule has 0 bridgehead atoms. The fourth-order valence-electron chi connectivity index (χ4n) is 2.04. The summed E-state index contributed by atoms with van der Waals surface area (Å²) in [7, 11) is 0. The second-order valence-corrected chi connectivity index (χ2v) is 5.91. The molecule has 0 spiro atoms. The van der Waals surface area contributed by atoms with Gasteiger partial charge in [0.2, 0.25) is 0 Å². The third-order valence-corrected chi connectivity index (χ3v) is 3.29. The van der Waals surface area contributed by atoms with E-state index in [0.29, 0.717) is 12.0 Å². The molecule has 0 saturated carbocycles. The van der Waals surface area contributed by atoms with Gasteiger partial charge >= 0.3 is 0 Å². The van der Waals surface area contributed by atoms with Crippen LogP contribution in [-0.2, 0) is 0 Å². The van der Waals surface area contributed by atoms with Crippen molar-refractivity contribution >= 4 is 0 Å². The maximum Gasteiger partial charge on any atom is 0.123 e. The van der Waals surface area contributed by atoms with E-state index in [4.69, 9.17) is 4.74 Å². The van der Waals surface area contributed by atoms with Crippen LogP contribution in [0.15, 0.2) is 18.2 Å². The van der Waals surface area contributed by atoms with Crippen LogP contribution in [0.2, 0.25) is 0 Å². The number of ether oxygens (including phenoxy) is 1. The number of hydrogen-bond donors (Lipinski definition) is 1. The molecule has 108 valence electrons. The van der Waals surface area contributed by atoms with Gasteiger partial charge in [-0.3, -0.25) is 0 Å². The quantitative estimate of drug-likeness (QED) is 0.793. The summed E-state index contributed by atoms with van der Waals surface area (Å²) < 4.78 is 6.22.